The zero-order chi connectivity index (χ0) is 24.9. The number of nitrogens with one attached hydrogen (secondary N) is 1. The molecule has 0 saturated carbocycles. The Morgan fingerprint density at radius 2 is 1.57 bits per heavy atom. The Bertz CT molecular complexity index is 1280. The van der Waals surface area contributed by atoms with Crippen molar-refractivity contribution in [2.75, 3.05) is 11.1 Å². The van der Waals surface area contributed by atoms with Crippen molar-refractivity contribution in [1.29, 1.82) is 0 Å². The van der Waals surface area contributed by atoms with Gasteiger partial charge in [-0.25, -0.2) is 4.39 Å². The van der Waals surface area contributed by atoms with E-state index < -0.39 is 0 Å². The van der Waals surface area contributed by atoms with E-state index in [-0.39, 0.29) is 29.3 Å². The second-order valence-corrected chi connectivity index (χ2v) is 9.75. The minimum Gasteiger partial charge on any atom is -0.325 e. The fourth-order valence-electron chi connectivity index (χ4n) is 3.88. The summed E-state index contributed by atoms with van der Waals surface area (Å²) in [4.78, 5) is 17.1. The van der Waals surface area contributed by atoms with Gasteiger partial charge in [0.2, 0.25) is 5.91 Å². The van der Waals surface area contributed by atoms with Crippen LogP contribution in [0.1, 0.15) is 50.7 Å². The molecule has 4 aromatic rings. The van der Waals surface area contributed by atoms with Gasteiger partial charge in [-0.15, -0.1) is 10.2 Å². The Labute approximate surface area is 209 Å². The normalized spacial score (nSPS) is 11.3. The third-order valence-electron chi connectivity index (χ3n) is 5.63. The molecular formula is C27H28FN5OS. The van der Waals surface area contributed by atoms with Gasteiger partial charge in [-0.1, -0.05) is 57.7 Å². The van der Waals surface area contributed by atoms with Crippen LogP contribution in [0.3, 0.4) is 0 Å². The number of hydrogen-bond donors (Lipinski definition) is 1. The smallest absolute Gasteiger partial charge is 0.234 e. The molecule has 0 unspecified atom stereocenters. The first-order chi connectivity index (χ1) is 16.8. The van der Waals surface area contributed by atoms with Crippen LogP contribution in [-0.4, -0.2) is 31.4 Å². The molecule has 0 bridgehead atoms. The number of nitrogens with zero attached hydrogens (tertiary/aromatic N) is 4. The van der Waals surface area contributed by atoms with E-state index in [4.69, 9.17) is 0 Å². The molecule has 0 aliphatic rings. The highest BCUT2D eigenvalue weighted by Gasteiger charge is 2.19. The Balaban J connectivity index is 1.61. The van der Waals surface area contributed by atoms with Crippen LogP contribution in [0.4, 0.5) is 10.1 Å². The average molecular weight is 490 g/mol. The predicted octanol–water partition coefficient (Wildman–Crippen LogP) is 6.45. The number of amides is 1. The molecular weight excluding hydrogens is 461 g/mol. The summed E-state index contributed by atoms with van der Waals surface area (Å²) >= 11 is 1.29. The molecule has 0 spiro atoms. The van der Waals surface area contributed by atoms with Crippen molar-refractivity contribution < 1.29 is 9.18 Å². The largest absolute Gasteiger partial charge is 0.325 e. The lowest BCUT2D eigenvalue weighted by Crippen LogP contribution is -2.18. The highest BCUT2D eigenvalue weighted by molar-refractivity contribution is 7.99. The Morgan fingerprint density at radius 1 is 0.943 bits per heavy atom. The van der Waals surface area contributed by atoms with Crippen molar-refractivity contribution in [2.24, 2.45) is 0 Å². The van der Waals surface area contributed by atoms with Gasteiger partial charge in [0.15, 0.2) is 11.0 Å². The van der Waals surface area contributed by atoms with Gasteiger partial charge in [0.25, 0.3) is 0 Å². The van der Waals surface area contributed by atoms with E-state index in [0.29, 0.717) is 16.7 Å². The van der Waals surface area contributed by atoms with E-state index in [1.54, 1.807) is 24.5 Å². The minimum absolute atomic E-state index is 0.121. The number of carbonyl (C=O) groups excluding carboxylic acids is 1. The zero-order valence-corrected chi connectivity index (χ0v) is 21.0. The highest BCUT2D eigenvalue weighted by Crippen LogP contribution is 2.33. The average Bonchev–Trinajstić information content (AvgIpc) is 3.27. The molecule has 1 N–H and O–H groups in total. The van der Waals surface area contributed by atoms with Gasteiger partial charge < -0.3 is 5.32 Å². The van der Waals surface area contributed by atoms with E-state index in [1.165, 1.54) is 23.9 Å². The molecule has 0 aliphatic heterocycles. The Kier molecular flexibility index (Phi) is 7.60. The first-order valence-corrected chi connectivity index (χ1v) is 12.5. The highest BCUT2D eigenvalue weighted by atomic mass is 32.2. The van der Waals surface area contributed by atoms with Crippen LogP contribution >= 0.6 is 11.8 Å². The number of para-hydroxylation sites is 1. The van der Waals surface area contributed by atoms with Crippen molar-refractivity contribution in [2.45, 2.75) is 44.7 Å². The number of thioether (sulfide) groups is 1. The topological polar surface area (TPSA) is 72.7 Å². The third-order valence-corrected chi connectivity index (χ3v) is 6.56. The van der Waals surface area contributed by atoms with E-state index in [2.05, 4.69) is 60.3 Å². The van der Waals surface area contributed by atoms with Gasteiger partial charge in [-0.2, -0.15) is 0 Å². The molecule has 4 rings (SSSR count). The summed E-state index contributed by atoms with van der Waals surface area (Å²) in [5.41, 5.74) is 4.65. The number of anilines is 1. The lowest BCUT2D eigenvalue weighted by molar-refractivity contribution is -0.113. The van der Waals surface area contributed by atoms with Gasteiger partial charge in [-0.3, -0.25) is 14.3 Å². The molecule has 180 valence electrons. The number of carbonyl (C=O) groups is 1. The standard InChI is InChI=1S/C27H28FN5OS/c1-17(2)22-6-5-7-23(18(3)4)25(22)30-24(34)16-35-27-32-31-26(19-12-14-29-15-13-19)33(27)21-10-8-20(28)9-11-21/h5-15,17-18H,16H2,1-4H3,(H,30,34). The molecule has 0 fully saturated rings. The Morgan fingerprint density at radius 3 is 2.17 bits per heavy atom. The zero-order valence-electron chi connectivity index (χ0n) is 20.2. The fourth-order valence-corrected chi connectivity index (χ4v) is 4.63. The number of rotatable bonds is 8. The second-order valence-electron chi connectivity index (χ2n) is 8.81. The number of aromatic nitrogens is 4. The van der Waals surface area contributed by atoms with Crippen LogP contribution in [0.5, 0.6) is 0 Å². The second kappa shape index (κ2) is 10.8. The van der Waals surface area contributed by atoms with E-state index in [9.17, 15) is 9.18 Å². The molecule has 0 aliphatic carbocycles. The molecule has 8 heteroatoms. The summed E-state index contributed by atoms with van der Waals surface area (Å²) in [5, 5.41) is 12.4. The molecule has 35 heavy (non-hydrogen) atoms. The predicted molar refractivity (Wildman–Crippen MR) is 139 cm³/mol. The summed E-state index contributed by atoms with van der Waals surface area (Å²) < 4.78 is 15.4. The summed E-state index contributed by atoms with van der Waals surface area (Å²) in [7, 11) is 0. The van der Waals surface area contributed by atoms with Crippen LogP contribution < -0.4 is 5.32 Å². The van der Waals surface area contributed by atoms with E-state index >= 15 is 0 Å². The van der Waals surface area contributed by atoms with Crippen LogP contribution in [0.2, 0.25) is 0 Å². The first kappa shape index (κ1) is 24.6. The lowest BCUT2D eigenvalue weighted by atomic mass is 9.92. The van der Waals surface area contributed by atoms with Crippen LogP contribution in [0.25, 0.3) is 17.1 Å². The van der Waals surface area contributed by atoms with Crippen LogP contribution in [-0.2, 0) is 4.79 Å². The maximum absolute atomic E-state index is 13.6. The quantitative estimate of drug-likeness (QED) is 0.288. The van der Waals surface area contributed by atoms with Gasteiger partial charge >= 0.3 is 0 Å². The number of halogens is 1. The van der Waals surface area contributed by atoms with Gasteiger partial charge in [-0.05, 0) is 59.4 Å². The Hall–Kier alpha value is -3.52. The van der Waals surface area contributed by atoms with Crippen molar-refractivity contribution in [3.8, 4) is 17.1 Å². The molecule has 2 aromatic heterocycles. The summed E-state index contributed by atoms with van der Waals surface area (Å²) in [6.45, 7) is 8.48. The summed E-state index contributed by atoms with van der Waals surface area (Å²) in [6.07, 6.45) is 3.36. The molecule has 2 aromatic carbocycles. The monoisotopic (exact) mass is 489 g/mol. The van der Waals surface area contributed by atoms with Gasteiger partial charge in [0, 0.05) is 29.3 Å². The van der Waals surface area contributed by atoms with Crippen molar-refractivity contribution >= 4 is 23.4 Å². The molecule has 2 heterocycles. The van der Waals surface area contributed by atoms with E-state index in [1.807, 2.05) is 22.8 Å². The maximum Gasteiger partial charge on any atom is 0.234 e. The molecule has 0 saturated heterocycles. The third kappa shape index (κ3) is 5.59. The minimum atomic E-state index is -0.328. The van der Waals surface area contributed by atoms with Crippen molar-refractivity contribution in [3.05, 3.63) is 83.9 Å². The van der Waals surface area contributed by atoms with Crippen LogP contribution in [0, 0.1) is 5.82 Å². The number of pyridine rings is 1. The molecule has 1 amide bonds. The summed E-state index contributed by atoms with van der Waals surface area (Å²) in [5.74, 6) is 0.853. The molecule has 0 radical (unpaired) electrons. The van der Waals surface area contributed by atoms with Crippen LogP contribution in [0.15, 0.2) is 72.1 Å². The first-order valence-electron chi connectivity index (χ1n) is 11.5. The lowest BCUT2D eigenvalue weighted by Gasteiger charge is -2.20. The van der Waals surface area contributed by atoms with E-state index in [0.717, 1.165) is 22.4 Å². The van der Waals surface area contributed by atoms with Gasteiger partial charge in [0.05, 0.1) is 5.75 Å². The SMILES string of the molecule is CC(C)c1cccc(C(C)C)c1NC(=O)CSc1nnc(-c2ccncc2)n1-c1ccc(F)cc1. The van der Waals surface area contributed by atoms with Crippen molar-refractivity contribution in [1.82, 2.24) is 19.7 Å². The maximum atomic E-state index is 13.6. The fraction of sp³-hybridized carbons (Fsp3) is 0.259. The number of hydrogen-bond acceptors (Lipinski definition) is 5. The summed E-state index contributed by atoms with van der Waals surface area (Å²) in [6, 6.07) is 16.0. The molecule has 0 atom stereocenters. The van der Waals surface area contributed by atoms with Gasteiger partial charge in [0.1, 0.15) is 5.82 Å². The number of benzene rings is 2. The molecule has 6 nitrogen and oxygen atoms in total. The van der Waals surface area contributed by atoms with Crippen molar-refractivity contribution in [3.63, 3.8) is 0 Å².